The summed E-state index contributed by atoms with van der Waals surface area (Å²) < 4.78 is 5.22. The number of amides is 1. The second-order valence-electron chi connectivity index (χ2n) is 4.38. The zero-order valence-electron chi connectivity index (χ0n) is 11.1. The Morgan fingerprint density at radius 1 is 1.44 bits per heavy atom. The van der Waals surface area contributed by atoms with Crippen LogP contribution in [-0.4, -0.2) is 25.6 Å². The van der Waals surface area contributed by atoms with Crippen molar-refractivity contribution in [2.45, 2.75) is 26.8 Å². The minimum absolute atomic E-state index is 0.0559. The third kappa shape index (κ3) is 4.11. The molecule has 5 heteroatoms. The number of carbonyl (C=O) groups is 1. The van der Waals surface area contributed by atoms with E-state index in [2.05, 4.69) is 10.6 Å². The van der Waals surface area contributed by atoms with Gasteiger partial charge in [0.15, 0.2) is 0 Å². The minimum Gasteiger partial charge on any atom is -0.495 e. The first-order chi connectivity index (χ1) is 8.43. The number of aryl methyl sites for hydroxylation is 1. The number of carbonyl (C=O) groups excluding carboxylic acids is 1. The topological polar surface area (TPSA) is 50.4 Å². The van der Waals surface area contributed by atoms with Crippen molar-refractivity contribution in [1.82, 2.24) is 5.32 Å². The van der Waals surface area contributed by atoms with E-state index in [0.29, 0.717) is 10.8 Å². The Kier molecular flexibility index (Phi) is 5.28. The molecule has 0 aliphatic carbocycles. The van der Waals surface area contributed by atoms with Crippen molar-refractivity contribution in [2.24, 2.45) is 0 Å². The van der Waals surface area contributed by atoms with E-state index in [-0.39, 0.29) is 18.5 Å². The Balaban J connectivity index is 2.72. The molecule has 0 bridgehead atoms. The maximum absolute atomic E-state index is 11.5. The van der Waals surface area contributed by atoms with Crippen LogP contribution < -0.4 is 15.4 Å². The Hall–Kier alpha value is -1.42. The van der Waals surface area contributed by atoms with Crippen LogP contribution in [0.15, 0.2) is 12.1 Å². The molecular weight excluding hydrogens is 252 g/mol. The molecule has 0 aromatic heterocycles. The highest BCUT2D eigenvalue weighted by Gasteiger charge is 2.09. The molecule has 0 radical (unpaired) electrons. The van der Waals surface area contributed by atoms with Gasteiger partial charge in [-0.3, -0.25) is 4.79 Å². The second kappa shape index (κ2) is 6.50. The Bertz CT molecular complexity index is 433. The van der Waals surface area contributed by atoms with Crippen molar-refractivity contribution in [3.8, 4) is 5.75 Å². The molecule has 0 aliphatic rings. The summed E-state index contributed by atoms with van der Waals surface area (Å²) in [4.78, 5) is 11.5. The van der Waals surface area contributed by atoms with Crippen LogP contribution in [0.2, 0.25) is 5.02 Å². The van der Waals surface area contributed by atoms with Gasteiger partial charge in [0, 0.05) is 17.1 Å². The molecule has 0 saturated heterocycles. The second-order valence-corrected chi connectivity index (χ2v) is 4.78. The van der Waals surface area contributed by atoms with E-state index in [1.165, 1.54) is 0 Å². The van der Waals surface area contributed by atoms with Crippen molar-refractivity contribution >= 4 is 23.2 Å². The first kappa shape index (κ1) is 14.6. The van der Waals surface area contributed by atoms with E-state index in [1.807, 2.05) is 26.8 Å². The third-order valence-electron chi connectivity index (χ3n) is 2.37. The van der Waals surface area contributed by atoms with E-state index in [0.717, 1.165) is 11.3 Å². The van der Waals surface area contributed by atoms with E-state index in [9.17, 15) is 4.79 Å². The molecule has 0 atom stereocenters. The van der Waals surface area contributed by atoms with Gasteiger partial charge in [-0.25, -0.2) is 0 Å². The van der Waals surface area contributed by atoms with Crippen LogP contribution >= 0.6 is 11.6 Å². The molecule has 1 rings (SSSR count). The van der Waals surface area contributed by atoms with Crippen LogP contribution in [0, 0.1) is 6.92 Å². The van der Waals surface area contributed by atoms with E-state index in [1.54, 1.807) is 13.2 Å². The summed E-state index contributed by atoms with van der Waals surface area (Å²) >= 11 is 6.01. The van der Waals surface area contributed by atoms with Crippen LogP contribution in [-0.2, 0) is 4.79 Å². The third-order valence-corrected chi connectivity index (χ3v) is 2.78. The molecule has 4 nitrogen and oxygen atoms in total. The van der Waals surface area contributed by atoms with Gasteiger partial charge in [-0.2, -0.15) is 0 Å². The Labute approximate surface area is 113 Å². The molecule has 0 heterocycles. The SMILES string of the molecule is COc1cc(Cl)c(C)cc1NCC(=O)NC(C)C. The first-order valence-corrected chi connectivity index (χ1v) is 6.19. The highest BCUT2D eigenvalue weighted by molar-refractivity contribution is 6.31. The maximum atomic E-state index is 11.5. The monoisotopic (exact) mass is 270 g/mol. The van der Waals surface area contributed by atoms with E-state index < -0.39 is 0 Å². The van der Waals surface area contributed by atoms with E-state index in [4.69, 9.17) is 16.3 Å². The molecule has 1 aromatic rings. The van der Waals surface area contributed by atoms with Crippen LogP contribution in [0.3, 0.4) is 0 Å². The zero-order valence-corrected chi connectivity index (χ0v) is 11.9. The van der Waals surface area contributed by atoms with Gasteiger partial charge in [-0.1, -0.05) is 11.6 Å². The van der Waals surface area contributed by atoms with Gasteiger partial charge in [0.2, 0.25) is 5.91 Å². The fourth-order valence-corrected chi connectivity index (χ4v) is 1.67. The number of benzene rings is 1. The number of rotatable bonds is 5. The van der Waals surface area contributed by atoms with Crippen molar-refractivity contribution in [1.29, 1.82) is 0 Å². The summed E-state index contributed by atoms with van der Waals surface area (Å²) in [6.07, 6.45) is 0. The van der Waals surface area contributed by atoms with Gasteiger partial charge in [-0.05, 0) is 32.4 Å². The molecule has 1 aromatic carbocycles. The zero-order chi connectivity index (χ0) is 13.7. The van der Waals surface area contributed by atoms with Crippen LogP contribution in [0.25, 0.3) is 0 Å². The van der Waals surface area contributed by atoms with Crippen LogP contribution in [0.4, 0.5) is 5.69 Å². The summed E-state index contributed by atoms with van der Waals surface area (Å²) in [7, 11) is 1.57. The fourth-order valence-electron chi connectivity index (χ4n) is 1.52. The van der Waals surface area contributed by atoms with Crippen molar-refractivity contribution in [2.75, 3.05) is 19.0 Å². The molecule has 0 unspecified atom stereocenters. The molecule has 0 aliphatic heterocycles. The average molecular weight is 271 g/mol. The number of anilines is 1. The lowest BCUT2D eigenvalue weighted by Gasteiger charge is -2.14. The van der Waals surface area contributed by atoms with Gasteiger partial charge in [0.05, 0.1) is 19.3 Å². The van der Waals surface area contributed by atoms with Gasteiger partial charge in [-0.15, -0.1) is 0 Å². The Morgan fingerprint density at radius 2 is 2.11 bits per heavy atom. The summed E-state index contributed by atoms with van der Waals surface area (Å²) in [6, 6.07) is 3.73. The number of ether oxygens (including phenoxy) is 1. The van der Waals surface area contributed by atoms with Crippen LogP contribution in [0.5, 0.6) is 5.75 Å². The number of hydrogen-bond donors (Lipinski definition) is 2. The number of methoxy groups -OCH3 is 1. The van der Waals surface area contributed by atoms with Gasteiger partial charge >= 0.3 is 0 Å². The lowest BCUT2D eigenvalue weighted by molar-refractivity contribution is -0.119. The molecule has 0 spiro atoms. The number of halogens is 1. The summed E-state index contributed by atoms with van der Waals surface area (Å²) in [6.45, 7) is 5.95. The number of nitrogens with one attached hydrogen (secondary N) is 2. The normalized spacial score (nSPS) is 10.3. The van der Waals surface area contributed by atoms with Crippen molar-refractivity contribution in [3.63, 3.8) is 0 Å². The molecular formula is C13H19ClN2O2. The molecule has 1 amide bonds. The standard InChI is InChI=1S/C13H19ClN2O2/c1-8(2)16-13(17)7-15-11-5-9(3)10(14)6-12(11)18-4/h5-6,8,15H,7H2,1-4H3,(H,16,17). The van der Waals surface area contributed by atoms with Gasteiger partial charge in [0.25, 0.3) is 0 Å². The summed E-state index contributed by atoms with van der Waals surface area (Å²) in [5.74, 6) is 0.572. The highest BCUT2D eigenvalue weighted by atomic mass is 35.5. The first-order valence-electron chi connectivity index (χ1n) is 5.81. The van der Waals surface area contributed by atoms with Gasteiger partial charge in [0.1, 0.15) is 5.75 Å². The Morgan fingerprint density at radius 3 is 2.67 bits per heavy atom. The molecule has 0 saturated carbocycles. The lowest BCUT2D eigenvalue weighted by Crippen LogP contribution is -2.34. The molecule has 2 N–H and O–H groups in total. The quantitative estimate of drug-likeness (QED) is 0.865. The predicted octanol–water partition coefficient (Wildman–Crippen LogP) is 2.59. The molecule has 100 valence electrons. The van der Waals surface area contributed by atoms with Crippen molar-refractivity contribution < 1.29 is 9.53 Å². The predicted molar refractivity (Wildman–Crippen MR) is 74.5 cm³/mol. The maximum Gasteiger partial charge on any atom is 0.239 e. The molecule has 18 heavy (non-hydrogen) atoms. The smallest absolute Gasteiger partial charge is 0.239 e. The molecule has 0 fully saturated rings. The number of hydrogen-bond acceptors (Lipinski definition) is 3. The van der Waals surface area contributed by atoms with E-state index >= 15 is 0 Å². The average Bonchev–Trinajstić information content (AvgIpc) is 2.29. The largest absolute Gasteiger partial charge is 0.495 e. The lowest BCUT2D eigenvalue weighted by atomic mass is 10.2. The minimum atomic E-state index is -0.0559. The fraction of sp³-hybridized carbons (Fsp3) is 0.462. The van der Waals surface area contributed by atoms with Crippen molar-refractivity contribution in [3.05, 3.63) is 22.7 Å². The van der Waals surface area contributed by atoms with Gasteiger partial charge < -0.3 is 15.4 Å². The van der Waals surface area contributed by atoms with Crippen LogP contribution in [0.1, 0.15) is 19.4 Å². The highest BCUT2D eigenvalue weighted by Crippen LogP contribution is 2.30. The summed E-state index contributed by atoms with van der Waals surface area (Å²) in [5, 5.41) is 6.49. The summed E-state index contributed by atoms with van der Waals surface area (Å²) in [5.41, 5.74) is 1.70.